The summed E-state index contributed by atoms with van der Waals surface area (Å²) in [5.41, 5.74) is 9.26. The standard InChI is InChI=1S/C56H40N2Si/c1-5-17-41(18-6-1)42-31-33-46(34-32-42)57(47-35-37-52-44(39-47)30-29-43-19-13-14-26-51(43)52)48-36-38-56-54(40-48)58(45-20-7-2-8-21-45)53-27-15-16-28-55(53)59(56,49-22-9-3-10-23-49)50-24-11-4-12-25-50/h1-40H. The first kappa shape index (κ1) is 34.8. The van der Waals surface area contributed by atoms with Crippen molar-refractivity contribution < 1.29 is 0 Å². The quantitative estimate of drug-likeness (QED) is 0.118. The Bertz CT molecular complexity index is 3050. The molecule has 0 saturated heterocycles. The van der Waals surface area contributed by atoms with Gasteiger partial charge in [0.2, 0.25) is 0 Å². The van der Waals surface area contributed by atoms with Gasteiger partial charge in [-0.15, -0.1) is 0 Å². The Morgan fingerprint density at radius 3 is 1.56 bits per heavy atom. The number of rotatable bonds is 7. The summed E-state index contributed by atoms with van der Waals surface area (Å²) in [5.74, 6) is 0. The van der Waals surface area contributed by atoms with Crippen molar-refractivity contribution in [2.45, 2.75) is 0 Å². The Kier molecular flexibility index (Phi) is 8.53. The maximum Gasteiger partial charge on any atom is 0.184 e. The molecule has 1 heterocycles. The average Bonchev–Trinajstić information content (AvgIpc) is 3.32. The zero-order chi connectivity index (χ0) is 39.2. The molecule has 0 N–H and O–H groups in total. The van der Waals surface area contributed by atoms with Crippen molar-refractivity contribution in [2.24, 2.45) is 0 Å². The summed E-state index contributed by atoms with van der Waals surface area (Å²) in [6.07, 6.45) is 0. The number of para-hydroxylation sites is 2. The first-order chi connectivity index (χ1) is 29.3. The predicted octanol–water partition coefficient (Wildman–Crippen LogP) is 12.3. The number of fused-ring (bicyclic) bond motifs is 5. The van der Waals surface area contributed by atoms with Crippen molar-refractivity contribution in [1.82, 2.24) is 0 Å². The average molecular weight is 769 g/mol. The Morgan fingerprint density at radius 1 is 0.322 bits per heavy atom. The van der Waals surface area contributed by atoms with E-state index < -0.39 is 8.07 Å². The molecule has 0 saturated carbocycles. The van der Waals surface area contributed by atoms with Gasteiger partial charge in [0.15, 0.2) is 8.07 Å². The van der Waals surface area contributed by atoms with E-state index in [2.05, 4.69) is 252 Å². The van der Waals surface area contributed by atoms with Crippen LogP contribution >= 0.6 is 0 Å². The molecule has 0 aliphatic carbocycles. The lowest BCUT2D eigenvalue weighted by atomic mass is 10.0. The van der Waals surface area contributed by atoms with Crippen molar-refractivity contribution in [1.29, 1.82) is 0 Å². The number of anilines is 6. The van der Waals surface area contributed by atoms with Crippen LogP contribution in [0.15, 0.2) is 243 Å². The number of hydrogen-bond donors (Lipinski definition) is 0. The van der Waals surface area contributed by atoms with Crippen LogP contribution in [0.25, 0.3) is 32.7 Å². The zero-order valence-corrected chi connectivity index (χ0v) is 33.5. The third-order valence-corrected chi connectivity index (χ3v) is 16.9. The third-order valence-electron chi connectivity index (χ3n) is 12.1. The second kappa shape index (κ2) is 14.5. The molecule has 278 valence electrons. The molecule has 0 aromatic heterocycles. The van der Waals surface area contributed by atoms with E-state index in [1.165, 1.54) is 64.8 Å². The maximum absolute atomic E-state index is 2.83. The second-order valence-corrected chi connectivity index (χ2v) is 19.0. The second-order valence-electron chi connectivity index (χ2n) is 15.3. The van der Waals surface area contributed by atoms with E-state index in [0.29, 0.717) is 0 Å². The number of benzene rings is 10. The Morgan fingerprint density at radius 2 is 0.831 bits per heavy atom. The van der Waals surface area contributed by atoms with Crippen LogP contribution in [-0.4, -0.2) is 8.07 Å². The van der Waals surface area contributed by atoms with E-state index in [-0.39, 0.29) is 0 Å². The molecule has 0 radical (unpaired) electrons. The largest absolute Gasteiger partial charge is 0.311 e. The van der Waals surface area contributed by atoms with Gasteiger partial charge >= 0.3 is 0 Å². The highest BCUT2D eigenvalue weighted by molar-refractivity contribution is 7.21. The smallest absolute Gasteiger partial charge is 0.184 e. The van der Waals surface area contributed by atoms with Crippen LogP contribution in [0.1, 0.15) is 0 Å². The molecule has 0 amide bonds. The van der Waals surface area contributed by atoms with Crippen LogP contribution in [0.4, 0.5) is 34.1 Å². The first-order valence-corrected chi connectivity index (χ1v) is 22.3. The normalized spacial score (nSPS) is 12.8. The van der Waals surface area contributed by atoms with E-state index in [0.717, 1.165) is 22.7 Å². The van der Waals surface area contributed by atoms with E-state index in [4.69, 9.17) is 0 Å². The van der Waals surface area contributed by atoms with Gasteiger partial charge in [-0.1, -0.05) is 188 Å². The fourth-order valence-corrected chi connectivity index (χ4v) is 14.5. The number of hydrogen-bond acceptors (Lipinski definition) is 2. The fraction of sp³-hybridized carbons (Fsp3) is 0. The van der Waals surface area contributed by atoms with Gasteiger partial charge in [-0.25, -0.2) is 0 Å². The van der Waals surface area contributed by atoms with Crippen LogP contribution in [0.3, 0.4) is 0 Å². The van der Waals surface area contributed by atoms with Gasteiger partial charge in [-0.3, -0.25) is 0 Å². The summed E-state index contributed by atoms with van der Waals surface area (Å²) in [5, 5.41) is 10.5. The molecule has 0 spiro atoms. The molecule has 0 atom stereocenters. The van der Waals surface area contributed by atoms with E-state index in [1.54, 1.807) is 0 Å². The topological polar surface area (TPSA) is 6.48 Å². The molecular formula is C56H40N2Si. The molecule has 0 unspecified atom stereocenters. The minimum Gasteiger partial charge on any atom is -0.311 e. The van der Waals surface area contributed by atoms with Crippen molar-refractivity contribution in [3.63, 3.8) is 0 Å². The Balaban J connectivity index is 1.18. The highest BCUT2D eigenvalue weighted by Crippen LogP contribution is 2.43. The van der Waals surface area contributed by atoms with Gasteiger partial charge in [-0.05, 0) is 108 Å². The summed E-state index contributed by atoms with van der Waals surface area (Å²) >= 11 is 0. The molecule has 1 aliphatic rings. The molecule has 1 aliphatic heterocycles. The number of nitrogens with zero attached hydrogens (tertiary/aromatic N) is 2. The maximum atomic E-state index is 2.49. The minimum absolute atomic E-state index is 1.10. The Labute approximate surface area is 346 Å². The van der Waals surface area contributed by atoms with Crippen molar-refractivity contribution in [2.75, 3.05) is 9.80 Å². The molecule has 3 heteroatoms. The molecule has 10 aromatic carbocycles. The fourth-order valence-electron chi connectivity index (χ4n) is 9.46. The monoisotopic (exact) mass is 768 g/mol. The third kappa shape index (κ3) is 5.78. The van der Waals surface area contributed by atoms with Crippen LogP contribution < -0.4 is 30.5 Å². The first-order valence-electron chi connectivity index (χ1n) is 20.3. The molecule has 0 fully saturated rings. The van der Waals surface area contributed by atoms with Gasteiger partial charge in [0, 0.05) is 34.1 Å². The van der Waals surface area contributed by atoms with Crippen molar-refractivity contribution in [3.05, 3.63) is 243 Å². The lowest BCUT2D eigenvalue weighted by molar-refractivity contribution is 1.26. The summed E-state index contributed by atoms with van der Waals surface area (Å²) in [7, 11) is -2.83. The van der Waals surface area contributed by atoms with Crippen LogP contribution in [0.2, 0.25) is 0 Å². The summed E-state index contributed by atoms with van der Waals surface area (Å²) in [6.45, 7) is 0. The van der Waals surface area contributed by atoms with Crippen LogP contribution in [0.5, 0.6) is 0 Å². The molecule has 11 rings (SSSR count). The molecule has 10 aromatic rings. The van der Waals surface area contributed by atoms with Gasteiger partial charge in [-0.2, -0.15) is 0 Å². The van der Waals surface area contributed by atoms with E-state index in [9.17, 15) is 0 Å². The van der Waals surface area contributed by atoms with E-state index in [1.807, 2.05) is 0 Å². The Hall–Kier alpha value is -7.46. The van der Waals surface area contributed by atoms with Crippen LogP contribution in [0, 0.1) is 0 Å². The summed E-state index contributed by atoms with van der Waals surface area (Å²) in [4.78, 5) is 4.93. The van der Waals surface area contributed by atoms with E-state index >= 15 is 0 Å². The van der Waals surface area contributed by atoms with Gasteiger partial charge < -0.3 is 9.80 Å². The van der Waals surface area contributed by atoms with Crippen LogP contribution in [-0.2, 0) is 0 Å². The predicted molar refractivity (Wildman–Crippen MR) is 253 cm³/mol. The SMILES string of the molecule is c1ccc(-c2ccc(N(c3ccc4c(c3)N(c3ccccc3)c3ccccc3[Si]4(c3ccccc3)c3ccccc3)c3ccc4c(ccc5ccccc54)c3)cc2)cc1. The lowest BCUT2D eigenvalue weighted by Gasteiger charge is -2.45. The van der Waals surface area contributed by atoms with Gasteiger partial charge in [0.25, 0.3) is 0 Å². The summed E-state index contributed by atoms with van der Waals surface area (Å²) < 4.78 is 0. The molecular weight excluding hydrogens is 729 g/mol. The lowest BCUT2D eigenvalue weighted by Crippen LogP contribution is -2.77. The van der Waals surface area contributed by atoms with Crippen molar-refractivity contribution >= 4 is 84.5 Å². The highest BCUT2D eigenvalue weighted by Gasteiger charge is 2.49. The molecule has 59 heavy (non-hydrogen) atoms. The molecule has 0 bridgehead atoms. The highest BCUT2D eigenvalue weighted by atomic mass is 28.3. The van der Waals surface area contributed by atoms with Gasteiger partial charge in [0.1, 0.15) is 0 Å². The van der Waals surface area contributed by atoms with Crippen molar-refractivity contribution in [3.8, 4) is 11.1 Å². The summed E-state index contributed by atoms with van der Waals surface area (Å²) in [6, 6.07) is 89.5. The van der Waals surface area contributed by atoms with Gasteiger partial charge in [0.05, 0.1) is 0 Å². The zero-order valence-electron chi connectivity index (χ0n) is 32.5. The molecule has 2 nitrogen and oxygen atoms in total. The minimum atomic E-state index is -2.83.